The fourth-order valence-electron chi connectivity index (χ4n) is 1.94. The molecule has 44 valence electrons. The van der Waals surface area contributed by atoms with E-state index in [-0.39, 0.29) is 0 Å². The molecular weight excluding hydrogens is 106 g/mol. The molecule has 1 heterocycles. The summed E-state index contributed by atoms with van der Waals surface area (Å²) in [6.07, 6.45) is 0. The zero-order chi connectivity index (χ0) is 6.43. The van der Waals surface area contributed by atoms with E-state index in [1.807, 2.05) is 0 Å². The number of hydrogen-bond donors (Lipinski definition) is 0. The van der Waals surface area contributed by atoms with Gasteiger partial charge in [-0.05, 0) is 0 Å². The number of hydrogen-bond acceptors (Lipinski definition) is 0. The summed E-state index contributed by atoms with van der Waals surface area (Å²) in [5.74, 6) is 4.89. The maximum atomic E-state index is 2.34. The Hall–Kier alpha value is -0.130. The molecule has 0 nitrogen and oxygen atoms in total. The summed E-state index contributed by atoms with van der Waals surface area (Å²) in [5, 5.41) is 0. The van der Waals surface area contributed by atoms with Crippen molar-refractivity contribution in [3.63, 3.8) is 0 Å². The molecule has 2 unspecified atom stereocenters. The van der Waals surface area contributed by atoms with E-state index in [9.17, 15) is 0 Å². The zero-order valence-electron chi connectivity index (χ0n) is 5.96. The Morgan fingerprint density at radius 3 is 2.89 bits per heavy atom. The minimum atomic E-state index is 0.819. The van der Waals surface area contributed by atoms with E-state index in [0.29, 0.717) is 0 Å². The first-order valence-electron chi connectivity index (χ1n) is 3.69. The van der Waals surface area contributed by atoms with Gasteiger partial charge in [-0.15, -0.1) is 0 Å². The van der Waals surface area contributed by atoms with Crippen molar-refractivity contribution in [2.75, 3.05) is 0 Å². The van der Waals surface area contributed by atoms with Gasteiger partial charge in [0.05, 0.1) is 0 Å². The Balaban J connectivity index is 2.26. The SMILES string of the molecule is CC1C2C=BB=C2[C@@H]1C. The van der Waals surface area contributed by atoms with Gasteiger partial charge in [0.25, 0.3) is 0 Å². The second kappa shape index (κ2) is 1.68. The van der Waals surface area contributed by atoms with Gasteiger partial charge in [-0.25, -0.2) is 0 Å². The Kier molecular flexibility index (Phi) is 1.05. The van der Waals surface area contributed by atoms with Crippen molar-refractivity contribution in [1.82, 2.24) is 0 Å². The molecule has 3 atom stereocenters. The molecule has 9 heavy (non-hydrogen) atoms. The molecule has 2 aliphatic rings. The zero-order valence-corrected chi connectivity index (χ0v) is 5.96. The summed E-state index contributed by atoms with van der Waals surface area (Å²) in [6.45, 7) is 9.12. The quantitative estimate of drug-likeness (QED) is 0.396. The molecule has 2 rings (SSSR count). The molecule has 0 aromatic heterocycles. The molecule has 0 radical (unpaired) electrons. The predicted molar refractivity (Wildman–Crippen MR) is 44.4 cm³/mol. The van der Waals surface area contributed by atoms with Crippen LogP contribution in [0.2, 0.25) is 0 Å². The van der Waals surface area contributed by atoms with E-state index in [0.717, 1.165) is 17.8 Å². The van der Waals surface area contributed by atoms with Crippen LogP contribution in [-0.2, 0) is 0 Å². The first-order valence-corrected chi connectivity index (χ1v) is 3.69. The van der Waals surface area contributed by atoms with E-state index in [4.69, 9.17) is 0 Å². The van der Waals surface area contributed by atoms with Crippen molar-refractivity contribution >= 4 is 25.1 Å². The summed E-state index contributed by atoms with van der Waals surface area (Å²) in [5.41, 5.74) is 1.66. The van der Waals surface area contributed by atoms with Crippen LogP contribution in [0.4, 0.5) is 0 Å². The van der Waals surface area contributed by atoms with Gasteiger partial charge in [-0.2, -0.15) is 0 Å². The van der Waals surface area contributed by atoms with Crippen LogP contribution in [-0.4, -0.2) is 25.1 Å². The Bertz CT molecular complexity index is 193. The fourth-order valence-corrected chi connectivity index (χ4v) is 1.94. The predicted octanol–water partition coefficient (Wildman–Crippen LogP) is 0.200. The standard InChI is InChI=1S/C7H10B2/c1-4-5(2)7-6(4)3-8-9-7/h3-6H,1-2H3/t4?,5-,6?/m1/s1. The van der Waals surface area contributed by atoms with Crippen molar-refractivity contribution in [1.29, 1.82) is 0 Å². The fraction of sp³-hybridized carbons (Fsp3) is 0.714. The molecule has 0 spiro atoms. The Morgan fingerprint density at radius 1 is 1.44 bits per heavy atom. The summed E-state index contributed by atoms with van der Waals surface area (Å²) in [7, 11) is 0. The van der Waals surface area contributed by atoms with Gasteiger partial charge in [0.15, 0.2) is 0 Å². The summed E-state index contributed by atoms with van der Waals surface area (Å²) in [4.78, 5) is 0. The van der Waals surface area contributed by atoms with Gasteiger partial charge >= 0.3 is 56.7 Å². The van der Waals surface area contributed by atoms with E-state index in [2.05, 4.69) is 33.4 Å². The van der Waals surface area contributed by atoms with Gasteiger partial charge < -0.3 is 0 Å². The average molecular weight is 116 g/mol. The average Bonchev–Trinajstić information content (AvgIpc) is 2.30. The third-order valence-corrected chi connectivity index (χ3v) is 2.87. The van der Waals surface area contributed by atoms with Crippen LogP contribution in [0, 0.1) is 17.8 Å². The molecule has 1 saturated carbocycles. The molecule has 0 N–H and O–H groups in total. The summed E-state index contributed by atoms with van der Waals surface area (Å²) < 4.78 is 0. The molecule has 0 saturated heterocycles. The van der Waals surface area contributed by atoms with Crippen LogP contribution in [0.1, 0.15) is 13.8 Å². The Morgan fingerprint density at radius 2 is 2.22 bits per heavy atom. The third-order valence-electron chi connectivity index (χ3n) is 2.87. The third kappa shape index (κ3) is 0.567. The second-order valence-electron chi connectivity index (χ2n) is 3.23. The first kappa shape index (κ1) is 5.64. The van der Waals surface area contributed by atoms with Crippen LogP contribution in [0.5, 0.6) is 0 Å². The monoisotopic (exact) mass is 116 g/mol. The van der Waals surface area contributed by atoms with Crippen LogP contribution in [0.3, 0.4) is 0 Å². The van der Waals surface area contributed by atoms with Gasteiger partial charge in [0, 0.05) is 0 Å². The van der Waals surface area contributed by atoms with Crippen LogP contribution < -0.4 is 0 Å². The maximum absolute atomic E-state index is 2.34. The molecule has 1 aliphatic carbocycles. The Labute approximate surface area is 57.4 Å². The van der Waals surface area contributed by atoms with E-state index >= 15 is 0 Å². The molecule has 0 aromatic rings. The molecular formula is C7H10B2. The van der Waals surface area contributed by atoms with Crippen LogP contribution >= 0.6 is 0 Å². The van der Waals surface area contributed by atoms with E-state index in [1.165, 1.54) is 0 Å². The molecule has 0 amide bonds. The molecule has 2 heteroatoms. The van der Waals surface area contributed by atoms with Crippen molar-refractivity contribution in [3.8, 4) is 0 Å². The summed E-state index contributed by atoms with van der Waals surface area (Å²) >= 11 is 0. The van der Waals surface area contributed by atoms with Gasteiger partial charge in [-0.1, -0.05) is 0 Å². The number of rotatable bonds is 0. The van der Waals surface area contributed by atoms with Crippen LogP contribution in [0.25, 0.3) is 0 Å². The van der Waals surface area contributed by atoms with Crippen molar-refractivity contribution in [2.45, 2.75) is 13.8 Å². The van der Waals surface area contributed by atoms with Gasteiger partial charge in [0.1, 0.15) is 0 Å². The van der Waals surface area contributed by atoms with E-state index < -0.39 is 0 Å². The first-order chi connectivity index (χ1) is 4.30. The molecule has 1 aliphatic heterocycles. The van der Waals surface area contributed by atoms with Crippen molar-refractivity contribution in [2.24, 2.45) is 17.8 Å². The van der Waals surface area contributed by atoms with Crippen molar-refractivity contribution in [3.05, 3.63) is 0 Å². The molecule has 1 fully saturated rings. The normalized spacial score (nSPS) is 44.2. The molecule has 0 bridgehead atoms. The van der Waals surface area contributed by atoms with Crippen molar-refractivity contribution < 1.29 is 0 Å². The summed E-state index contributed by atoms with van der Waals surface area (Å²) in [6, 6.07) is 0. The minimum absolute atomic E-state index is 0.819. The van der Waals surface area contributed by atoms with E-state index in [1.54, 1.807) is 5.46 Å². The second-order valence-corrected chi connectivity index (χ2v) is 3.23. The topological polar surface area (TPSA) is 0 Å². The number of fused-ring (bicyclic) bond motifs is 1. The van der Waals surface area contributed by atoms with Crippen LogP contribution in [0.15, 0.2) is 0 Å². The van der Waals surface area contributed by atoms with Gasteiger partial charge in [0.2, 0.25) is 0 Å². The van der Waals surface area contributed by atoms with Gasteiger partial charge in [-0.3, -0.25) is 0 Å². The molecule has 0 aromatic carbocycles.